The molecule has 0 aromatic heterocycles. The van der Waals surface area contributed by atoms with Crippen molar-refractivity contribution >= 4 is 5.91 Å². The van der Waals surface area contributed by atoms with Gasteiger partial charge in [-0.2, -0.15) is 0 Å². The summed E-state index contributed by atoms with van der Waals surface area (Å²) in [4.78, 5) is 11.1. The highest BCUT2D eigenvalue weighted by atomic mass is 16.5. The van der Waals surface area contributed by atoms with E-state index in [4.69, 9.17) is 4.74 Å². The molecule has 116 valence electrons. The van der Waals surface area contributed by atoms with Gasteiger partial charge in [-0.3, -0.25) is 4.79 Å². The Morgan fingerprint density at radius 3 is 2.57 bits per heavy atom. The second kappa shape index (κ2) is 6.58. The highest BCUT2D eigenvalue weighted by Gasteiger charge is 2.11. The molecule has 0 radical (unpaired) electrons. The Kier molecular flexibility index (Phi) is 4.34. The van der Waals surface area contributed by atoms with Crippen molar-refractivity contribution in [3.63, 3.8) is 0 Å². The molecule has 3 rings (SSSR count). The topological polar surface area (TPSA) is 38.3 Å². The van der Waals surface area contributed by atoms with E-state index in [1.54, 1.807) is 0 Å². The van der Waals surface area contributed by atoms with Crippen molar-refractivity contribution in [3.05, 3.63) is 64.7 Å². The fraction of sp³-hybridized carbons (Fsp3) is 0.250. The van der Waals surface area contributed by atoms with Gasteiger partial charge in [0.05, 0.1) is 12.6 Å². The lowest BCUT2D eigenvalue weighted by molar-refractivity contribution is -0.119. The summed E-state index contributed by atoms with van der Waals surface area (Å²) in [5, 5.41) is 2.87. The Morgan fingerprint density at radius 2 is 1.83 bits per heavy atom. The van der Waals surface area contributed by atoms with Crippen LogP contribution in [0.2, 0.25) is 0 Å². The van der Waals surface area contributed by atoms with Crippen LogP contribution in [0.1, 0.15) is 42.1 Å². The third-order valence-corrected chi connectivity index (χ3v) is 3.87. The van der Waals surface area contributed by atoms with Crippen molar-refractivity contribution in [1.29, 1.82) is 0 Å². The molecule has 0 saturated carbocycles. The predicted molar refractivity (Wildman–Crippen MR) is 90.3 cm³/mol. The number of benzene rings is 2. The molecule has 3 nitrogen and oxygen atoms in total. The van der Waals surface area contributed by atoms with E-state index >= 15 is 0 Å². The summed E-state index contributed by atoms with van der Waals surface area (Å²) < 4.78 is 5.50. The predicted octanol–water partition coefficient (Wildman–Crippen LogP) is 3.22. The summed E-state index contributed by atoms with van der Waals surface area (Å²) in [5.41, 5.74) is 4.27. The molecule has 0 aliphatic carbocycles. The maximum absolute atomic E-state index is 11.1. The van der Waals surface area contributed by atoms with E-state index in [1.807, 2.05) is 43.3 Å². The van der Waals surface area contributed by atoms with Gasteiger partial charge >= 0.3 is 0 Å². The van der Waals surface area contributed by atoms with Crippen molar-refractivity contribution in [1.82, 2.24) is 5.32 Å². The number of hydrogen-bond donors (Lipinski definition) is 1. The first kappa shape index (κ1) is 15.2. The van der Waals surface area contributed by atoms with Gasteiger partial charge in [-0.15, -0.1) is 0 Å². The maximum atomic E-state index is 11.1. The summed E-state index contributed by atoms with van der Waals surface area (Å²) >= 11 is 0. The first-order chi connectivity index (χ1) is 11.1. The number of nitrogens with one attached hydrogen (secondary N) is 1. The van der Waals surface area contributed by atoms with Crippen molar-refractivity contribution in [3.8, 4) is 17.6 Å². The lowest BCUT2D eigenvalue weighted by Crippen LogP contribution is -2.23. The Labute approximate surface area is 136 Å². The number of hydrogen-bond acceptors (Lipinski definition) is 2. The highest BCUT2D eigenvalue weighted by Crippen LogP contribution is 2.25. The minimum atomic E-state index is -0.0260. The molecule has 2 aromatic carbocycles. The molecule has 0 saturated heterocycles. The molecule has 23 heavy (non-hydrogen) atoms. The smallest absolute Gasteiger partial charge is 0.217 e. The van der Waals surface area contributed by atoms with Gasteiger partial charge in [0.1, 0.15) is 5.75 Å². The Morgan fingerprint density at radius 1 is 1.13 bits per heavy atom. The normalized spacial score (nSPS) is 13.3. The van der Waals surface area contributed by atoms with Crippen LogP contribution in [0, 0.1) is 11.8 Å². The molecule has 1 unspecified atom stereocenters. The first-order valence-electron chi connectivity index (χ1n) is 7.76. The molecule has 1 heterocycles. The number of carbonyl (C=O) groups excluding carboxylic acids is 1. The molecule has 2 aromatic rings. The summed E-state index contributed by atoms with van der Waals surface area (Å²) in [6.07, 6.45) is 0.959. The standard InChI is InChI=1S/C20H19NO2/c1-14(21-15(2)22)18-8-5-16(6-9-18)3-4-17-7-10-20-19(13-17)11-12-23-20/h5-10,13-14H,11-12H2,1-2H3,(H,21,22). The number of carbonyl (C=O) groups is 1. The van der Waals surface area contributed by atoms with Gasteiger partial charge in [0, 0.05) is 24.5 Å². The Hall–Kier alpha value is -2.73. The lowest BCUT2D eigenvalue weighted by atomic mass is 10.1. The third kappa shape index (κ3) is 3.73. The van der Waals surface area contributed by atoms with Crippen LogP contribution in [0.25, 0.3) is 0 Å². The van der Waals surface area contributed by atoms with Crippen LogP contribution in [-0.4, -0.2) is 12.5 Å². The number of amides is 1. The quantitative estimate of drug-likeness (QED) is 0.865. The molecule has 1 aliphatic rings. The summed E-state index contributed by atoms with van der Waals surface area (Å²) in [6.45, 7) is 4.26. The zero-order chi connectivity index (χ0) is 16.2. The van der Waals surface area contributed by atoms with E-state index < -0.39 is 0 Å². The maximum Gasteiger partial charge on any atom is 0.217 e. The van der Waals surface area contributed by atoms with Gasteiger partial charge < -0.3 is 10.1 Å². The van der Waals surface area contributed by atoms with Crippen molar-refractivity contribution in [2.24, 2.45) is 0 Å². The SMILES string of the molecule is CC(=O)NC(C)c1ccc(C#Cc2ccc3c(c2)CCO3)cc1. The molecule has 3 heteroatoms. The van der Waals surface area contributed by atoms with Crippen molar-refractivity contribution in [2.45, 2.75) is 26.3 Å². The number of rotatable bonds is 2. The zero-order valence-electron chi connectivity index (χ0n) is 13.3. The fourth-order valence-electron chi connectivity index (χ4n) is 2.65. The molecule has 1 atom stereocenters. The third-order valence-electron chi connectivity index (χ3n) is 3.87. The second-order valence-electron chi connectivity index (χ2n) is 5.72. The van der Waals surface area contributed by atoms with Gasteiger partial charge in [-0.1, -0.05) is 24.0 Å². The van der Waals surface area contributed by atoms with E-state index in [0.29, 0.717) is 0 Å². The average molecular weight is 305 g/mol. The largest absolute Gasteiger partial charge is 0.493 e. The molecule has 1 amide bonds. The minimum Gasteiger partial charge on any atom is -0.493 e. The second-order valence-corrected chi connectivity index (χ2v) is 5.72. The van der Waals surface area contributed by atoms with Crippen LogP contribution in [0.3, 0.4) is 0 Å². The number of fused-ring (bicyclic) bond motifs is 1. The Balaban J connectivity index is 1.73. The van der Waals surface area contributed by atoms with Gasteiger partial charge in [-0.25, -0.2) is 0 Å². The summed E-state index contributed by atoms with van der Waals surface area (Å²) in [7, 11) is 0. The van der Waals surface area contributed by atoms with E-state index in [9.17, 15) is 4.79 Å². The van der Waals surface area contributed by atoms with Gasteiger partial charge in [0.2, 0.25) is 5.91 Å². The Bertz CT molecular complexity index is 782. The first-order valence-corrected chi connectivity index (χ1v) is 7.76. The van der Waals surface area contributed by atoms with E-state index in [-0.39, 0.29) is 11.9 Å². The summed E-state index contributed by atoms with van der Waals surface area (Å²) in [6, 6.07) is 14.1. The van der Waals surface area contributed by atoms with Crippen LogP contribution in [0.15, 0.2) is 42.5 Å². The van der Waals surface area contributed by atoms with Gasteiger partial charge in [0.25, 0.3) is 0 Å². The van der Waals surface area contributed by atoms with Crippen LogP contribution < -0.4 is 10.1 Å². The van der Waals surface area contributed by atoms with Crippen LogP contribution in [0.5, 0.6) is 5.75 Å². The molecule has 1 aliphatic heterocycles. The summed E-state index contributed by atoms with van der Waals surface area (Å²) in [5.74, 6) is 7.33. The molecular weight excluding hydrogens is 286 g/mol. The molecule has 0 bridgehead atoms. The monoisotopic (exact) mass is 305 g/mol. The van der Waals surface area contributed by atoms with Gasteiger partial charge in [-0.05, 0) is 48.4 Å². The van der Waals surface area contributed by atoms with Crippen molar-refractivity contribution in [2.75, 3.05) is 6.61 Å². The van der Waals surface area contributed by atoms with Crippen molar-refractivity contribution < 1.29 is 9.53 Å². The van der Waals surface area contributed by atoms with E-state index in [2.05, 4.69) is 23.2 Å². The van der Waals surface area contributed by atoms with Gasteiger partial charge in [0.15, 0.2) is 0 Å². The van der Waals surface area contributed by atoms with Crippen LogP contribution >= 0.6 is 0 Å². The van der Waals surface area contributed by atoms with Crippen LogP contribution in [0.4, 0.5) is 0 Å². The fourth-order valence-corrected chi connectivity index (χ4v) is 2.65. The zero-order valence-corrected chi connectivity index (χ0v) is 13.3. The van der Waals surface area contributed by atoms with E-state index in [1.165, 1.54) is 12.5 Å². The highest BCUT2D eigenvalue weighted by molar-refractivity contribution is 5.73. The number of ether oxygens (including phenoxy) is 1. The molecular formula is C20H19NO2. The molecule has 0 fully saturated rings. The molecule has 1 N–H and O–H groups in total. The minimum absolute atomic E-state index is 0.00576. The lowest BCUT2D eigenvalue weighted by Gasteiger charge is -2.12. The van der Waals surface area contributed by atoms with E-state index in [0.717, 1.165) is 35.5 Å². The molecule has 0 spiro atoms. The average Bonchev–Trinajstić information content (AvgIpc) is 3.00. The van der Waals surface area contributed by atoms with Crippen LogP contribution in [-0.2, 0) is 11.2 Å².